The molecule has 1 heterocycles. The summed E-state index contributed by atoms with van der Waals surface area (Å²) in [6.45, 7) is 1.52. The maximum atomic E-state index is 12.4. The van der Waals surface area contributed by atoms with E-state index in [0.29, 0.717) is 47.4 Å². The topological polar surface area (TPSA) is 81.7 Å². The van der Waals surface area contributed by atoms with Crippen LogP contribution in [0.25, 0.3) is 0 Å². The molecule has 0 aromatic heterocycles. The van der Waals surface area contributed by atoms with E-state index in [4.69, 9.17) is 23.2 Å². The van der Waals surface area contributed by atoms with Crippen LogP contribution in [0.3, 0.4) is 0 Å². The van der Waals surface area contributed by atoms with Gasteiger partial charge < -0.3 is 15.7 Å². The molecule has 6 nitrogen and oxygen atoms in total. The lowest BCUT2D eigenvalue weighted by Crippen LogP contribution is -2.41. The standard InChI is InChI=1S/C20H21Cl2N3O3/c21-14-9-15(22)11-16(10-14)23-19(27)12-25-7-5-13(6-8-25)20(28)24-17-3-1-2-4-18(17)26/h1-4,9-11,13,26H,5-8,12H2,(H,23,27)(H,24,28). The van der Waals surface area contributed by atoms with Gasteiger partial charge in [0, 0.05) is 21.7 Å². The van der Waals surface area contributed by atoms with E-state index < -0.39 is 0 Å². The van der Waals surface area contributed by atoms with Gasteiger partial charge in [0.2, 0.25) is 11.8 Å². The summed E-state index contributed by atoms with van der Waals surface area (Å²) in [6, 6.07) is 11.5. The Labute approximate surface area is 173 Å². The fourth-order valence-corrected chi connectivity index (χ4v) is 3.72. The average molecular weight is 422 g/mol. The van der Waals surface area contributed by atoms with Crippen LogP contribution in [0, 0.1) is 5.92 Å². The molecular weight excluding hydrogens is 401 g/mol. The Kier molecular flexibility index (Phi) is 6.78. The van der Waals surface area contributed by atoms with E-state index in [2.05, 4.69) is 10.6 Å². The first-order valence-electron chi connectivity index (χ1n) is 8.98. The molecule has 1 saturated heterocycles. The summed E-state index contributed by atoms with van der Waals surface area (Å²) in [4.78, 5) is 26.7. The highest BCUT2D eigenvalue weighted by atomic mass is 35.5. The number of halogens is 2. The smallest absolute Gasteiger partial charge is 0.238 e. The molecule has 28 heavy (non-hydrogen) atoms. The molecule has 8 heteroatoms. The van der Waals surface area contributed by atoms with Crippen molar-refractivity contribution in [1.82, 2.24) is 4.90 Å². The minimum Gasteiger partial charge on any atom is -0.506 e. The molecule has 1 fully saturated rings. The van der Waals surface area contributed by atoms with Crippen LogP contribution in [0.2, 0.25) is 10.0 Å². The van der Waals surface area contributed by atoms with Crippen molar-refractivity contribution in [3.63, 3.8) is 0 Å². The van der Waals surface area contributed by atoms with E-state index in [0.717, 1.165) is 0 Å². The number of para-hydroxylation sites is 2. The quantitative estimate of drug-likeness (QED) is 0.637. The number of carbonyl (C=O) groups excluding carboxylic acids is 2. The van der Waals surface area contributed by atoms with Crippen LogP contribution in [0.5, 0.6) is 5.75 Å². The largest absolute Gasteiger partial charge is 0.506 e. The second kappa shape index (κ2) is 9.28. The normalized spacial score (nSPS) is 15.2. The molecule has 3 N–H and O–H groups in total. The molecule has 2 aromatic carbocycles. The van der Waals surface area contributed by atoms with Crippen molar-refractivity contribution < 1.29 is 14.7 Å². The maximum Gasteiger partial charge on any atom is 0.238 e. The highest BCUT2D eigenvalue weighted by Gasteiger charge is 2.26. The molecule has 0 saturated carbocycles. The Morgan fingerprint density at radius 3 is 2.32 bits per heavy atom. The van der Waals surface area contributed by atoms with Gasteiger partial charge in [-0.05, 0) is 56.3 Å². The summed E-state index contributed by atoms with van der Waals surface area (Å²) in [7, 11) is 0. The van der Waals surface area contributed by atoms with E-state index in [-0.39, 0.29) is 30.0 Å². The average Bonchev–Trinajstić information content (AvgIpc) is 2.63. The third-order valence-corrected chi connectivity index (χ3v) is 5.07. The number of hydrogen-bond acceptors (Lipinski definition) is 4. The first-order valence-corrected chi connectivity index (χ1v) is 9.73. The van der Waals surface area contributed by atoms with Gasteiger partial charge in [-0.25, -0.2) is 0 Å². The number of phenolic OH excluding ortho intramolecular Hbond substituents is 1. The van der Waals surface area contributed by atoms with Gasteiger partial charge in [-0.1, -0.05) is 35.3 Å². The van der Waals surface area contributed by atoms with E-state index >= 15 is 0 Å². The predicted molar refractivity (Wildman–Crippen MR) is 111 cm³/mol. The van der Waals surface area contributed by atoms with Gasteiger partial charge in [0.15, 0.2) is 0 Å². The fraction of sp³-hybridized carbons (Fsp3) is 0.300. The first kappa shape index (κ1) is 20.5. The number of rotatable bonds is 5. The molecule has 0 bridgehead atoms. The van der Waals surface area contributed by atoms with Gasteiger partial charge in [-0.15, -0.1) is 0 Å². The van der Waals surface area contributed by atoms with Crippen molar-refractivity contribution >= 4 is 46.4 Å². The molecule has 0 spiro atoms. The van der Waals surface area contributed by atoms with Crippen LogP contribution in [0.15, 0.2) is 42.5 Å². The van der Waals surface area contributed by atoms with E-state index in [9.17, 15) is 14.7 Å². The minimum atomic E-state index is -0.157. The zero-order valence-corrected chi connectivity index (χ0v) is 16.6. The third kappa shape index (κ3) is 5.61. The molecule has 2 aromatic rings. The van der Waals surface area contributed by atoms with Crippen molar-refractivity contribution in [2.24, 2.45) is 5.92 Å². The van der Waals surface area contributed by atoms with Gasteiger partial charge in [-0.2, -0.15) is 0 Å². The Morgan fingerprint density at radius 2 is 1.68 bits per heavy atom. The van der Waals surface area contributed by atoms with Gasteiger partial charge >= 0.3 is 0 Å². The zero-order chi connectivity index (χ0) is 20.1. The van der Waals surface area contributed by atoms with E-state index in [1.165, 1.54) is 6.07 Å². The van der Waals surface area contributed by atoms with E-state index in [1.54, 1.807) is 36.4 Å². The monoisotopic (exact) mass is 421 g/mol. The van der Waals surface area contributed by atoms with E-state index in [1.807, 2.05) is 4.90 Å². The number of nitrogens with zero attached hydrogens (tertiary/aromatic N) is 1. The molecule has 3 rings (SSSR count). The van der Waals surface area contributed by atoms with Crippen molar-refractivity contribution in [2.45, 2.75) is 12.8 Å². The predicted octanol–water partition coefficient (Wildman–Crippen LogP) is 3.99. The Bertz CT molecular complexity index is 847. The first-order chi connectivity index (χ1) is 13.4. The lowest BCUT2D eigenvalue weighted by atomic mass is 9.95. The summed E-state index contributed by atoms with van der Waals surface area (Å²) in [6.07, 6.45) is 1.30. The fourth-order valence-electron chi connectivity index (χ4n) is 3.20. The number of likely N-dealkylation sites (tertiary alicyclic amines) is 1. The van der Waals surface area contributed by atoms with Crippen LogP contribution < -0.4 is 10.6 Å². The number of nitrogens with one attached hydrogen (secondary N) is 2. The van der Waals surface area contributed by atoms with Crippen LogP contribution in [0.4, 0.5) is 11.4 Å². The summed E-state index contributed by atoms with van der Waals surface area (Å²) in [5.74, 6) is -0.369. The molecule has 0 atom stereocenters. The van der Waals surface area contributed by atoms with Gasteiger partial charge in [0.25, 0.3) is 0 Å². The van der Waals surface area contributed by atoms with Crippen LogP contribution in [-0.2, 0) is 9.59 Å². The molecule has 1 aliphatic rings. The summed E-state index contributed by atoms with van der Waals surface area (Å²) in [5.41, 5.74) is 0.967. The van der Waals surface area contributed by atoms with Crippen LogP contribution in [0.1, 0.15) is 12.8 Å². The summed E-state index contributed by atoms with van der Waals surface area (Å²) < 4.78 is 0. The number of hydrogen-bond donors (Lipinski definition) is 3. The maximum absolute atomic E-state index is 12.4. The molecule has 1 aliphatic heterocycles. The highest BCUT2D eigenvalue weighted by molar-refractivity contribution is 6.35. The molecule has 148 valence electrons. The van der Waals surface area contributed by atoms with Crippen molar-refractivity contribution in [1.29, 1.82) is 0 Å². The second-order valence-electron chi connectivity index (χ2n) is 6.76. The SMILES string of the molecule is O=C(CN1CCC(C(=O)Nc2ccccc2O)CC1)Nc1cc(Cl)cc(Cl)c1. The Balaban J connectivity index is 1.46. The summed E-state index contributed by atoms with van der Waals surface area (Å²) >= 11 is 11.9. The lowest BCUT2D eigenvalue weighted by molar-refractivity contribution is -0.121. The number of aromatic hydroxyl groups is 1. The van der Waals surface area contributed by atoms with Crippen LogP contribution >= 0.6 is 23.2 Å². The molecule has 0 unspecified atom stereocenters. The zero-order valence-electron chi connectivity index (χ0n) is 15.1. The third-order valence-electron chi connectivity index (χ3n) is 4.63. The molecule has 2 amide bonds. The lowest BCUT2D eigenvalue weighted by Gasteiger charge is -2.30. The number of phenols is 1. The number of anilines is 2. The van der Waals surface area contributed by atoms with Gasteiger partial charge in [0.05, 0.1) is 12.2 Å². The van der Waals surface area contributed by atoms with Gasteiger partial charge in [-0.3, -0.25) is 14.5 Å². The molecule has 0 radical (unpaired) electrons. The van der Waals surface area contributed by atoms with Crippen LogP contribution in [-0.4, -0.2) is 41.5 Å². The number of amides is 2. The van der Waals surface area contributed by atoms with Gasteiger partial charge in [0.1, 0.15) is 5.75 Å². The highest BCUT2D eigenvalue weighted by Crippen LogP contribution is 2.25. The van der Waals surface area contributed by atoms with Crippen molar-refractivity contribution in [3.8, 4) is 5.75 Å². The van der Waals surface area contributed by atoms with Crippen molar-refractivity contribution in [3.05, 3.63) is 52.5 Å². The second-order valence-corrected chi connectivity index (χ2v) is 7.64. The number of carbonyl (C=O) groups is 2. The molecular formula is C20H21Cl2N3O3. The number of benzene rings is 2. The summed E-state index contributed by atoms with van der Waals surface area (Å²) in [5, 5.41) is 16.2. The Hall–Kier alpha value is -2.28. The number of piperidine rings is 1. The molecule has 0 aliphatic carbocycles. The Morgan fingerprint density at radius 1 is 1.04 bits per heavy atom. The van der Waals surface area contributed by atoms with Crippen molar-refractivity contribution in [2.75, 3.05) is 30.3 Å². The minimum absolute atomic E-state index is 0.0473.